The number of nitrogens with one attached hydrogen (secondary N) is 1. The van der Waals surface area contributed by atoms with E-state index in [2.05, 4.69) is 4.98 Å². The van der Waals surface area contributed by atoms with Crippen molar-refractivity contribution in [2.24, 2.45) is 11.8 Å². The van der Waals surface area contributed by atoms with Crippen molar-refractivity contribution in [3.63, 3.8) is 0 Å². The molecule has 1 N–H and O–H groups in total. The van der Waals surface area contributed by atoms with E-state index in [9.17, 15) is 24.0 Å². The maximum absolute atomic E-state index is 12.5. The third-order valence-electron chi connectivity index (χ3n) is 6.14. The van der Waals surface area contributed by atoms with Crippen molar-refractivity contribution in [2.45, 2.75) is 59.5 Å². The number of likely N-dealkylation sites (tertiary alicyclic amines) is 1. The molecule has 0 bridgehead atoms. The van der Waals surface area contributed by atoms with Crippen LogP contribution in [0.15, 0.2) is 0 Å². The van der Waals surface area contributed by atoms with Gasteiger partial charge in [-0.05, 0) is 39.2 Å². The number of imide groups is 1. The molecule has 2 fully saturated rings. The molecule has 2 atom stereocenters. The van der Waals surface area contributed by atoms with Gasteiger partial charge in [0.25, 0.3) is 0 Å². The standard InChI is InChI=1S/C23H30N2O8/c1-4-31-22(29)18-13(3)19(23(30)32-5-2)24-16(18)12-33-17(26)10-11-25-20(27)14-8-6-7-9-15(14)21(25)28/h14-15,24H,4-12H2,1-3H3/t14-,15-/m1/s1. The minimum absolute atomic E-state index is 0.0357. The van der Waals surface area contributed by atoms with Gasteiger partial charge in [-0.2, -0.15) is 0 Å². The molecule has 10 nitrogen and oxygen atoms in total. The summed E-state index contributed by atoms with van der Waals surface area (Å²) in [5, 5.41) is 0. The van der Waals surface area contributed by atoms with Gasteiger partial charge < -0.3 is 19.2 Å². The number of carbonyl (C=O) groups is 5. The van der Waals surface area contributed by atoms with Crippen LogP contribution in [0.5, 0.6) is 0 Å². The Bertz CT molecular complexity index is 927. The molecule has 1 saturated heterocycles. The molecule has 0 spiro atoms. The lowest BCUT2D eigenvalue weighted by Crippen LogP contribution is -2.33. The summed E-state index contributed by atoms with van der Waals surface area (Å²) in [5.41, 5.74) is 0.749. The Morgan fingerprint density at radius 3 is 2.09 bits per heavy atom. The fourth-order valence-electron chi connectivity index (χ4n) is 4.53. The first-order valence-corrected chi connectivity index (χ1v) is 11.4. The summed E-state index contributed by atoms with van der Waals surface area (Å²) in [6.45, 7) is 4.85. The van der Waals surface area contributed by atoms with Gasteiger partial charge in [0, 0.05) is 6.54 Å². The number of rotatable bonds is 9. The largest absolute Gasteiger partial charge is 0.462 e. The number of fused-ring (bicyclic) bond motifs is 1. The van der Waals surface area contributed by atoms with Gasteiger partial charge >= 0.3 is 17.9 Å². The van der Waals surface area contributed by atoms with Gasteiger partial charge in [0.05, 0.1) is 42.7 Å². The van der Waals surface area contributed by atoms with Crippen molar-refractivity contribution in [3.05, 3.63) is 22.5 Å². The van der Waals surface area contributed by atoms with Crippen molar-refractivity contribution in [3.8, 4) is 0 Å². The maximum atomic E-state index is 12.5. The van der Waals surface area contributed by atoms with Crippen LogP contribution in [0.1, 0.15) is 78.1 Å². The Morgan fingerprint density at radius 2 is 1.52 bits per heavy atom. The van der Waals surface area contributed by atoms with Crippen molar-refractivity contribution >= 4 is 29.7 Å². The first-order chi connectivity index (χ1) is 15.8. The van der Waals surface area contributed by atoms with Crippen LogP contribution in [0, 0.1) is 18.8 Å². The zero-order valence-electron chi connectivity index (χ0n) is 19.2. The van der Waals surface area contributed by atoms with Crippen LogP contribution in [0.2, 0.25) is 0 Å². The predicted octanol–water partition coefficient (Wildman–Crippen LogP) is 2.29. The molecule has 1 aromatic rings. The van der Waals surface area contributed by atoms with Crippen molar-refractivity contribution in [2.75, 3.05) is 19.8 Å². The lowest BCUT2D eigenvalue weighted by atomic mass is 9.81. The number of nitrogens with zero attached hydrogens (tertiary/aromatic N) is 1. The topological polar surface area (TPSA) is 132 Å². The van der Waals surface area contributed by atoms with E-state index in [1.54, 1.807) is 20.8 Å². The van der Waals surface area contributed by atoms with E-state index < -0.39 is 17.9 Å². The summed E-state index contributed by atoms with van der Waals surface area (Å²) in [6.07, 6.45) is 3.13. The molecule has 10 heteroatoms. The van der Waals surface area contributed by atoms with E-state index in [0.717, 1.165) is 12.8 Å². The predicted molar refractivity (Wildman–Crippen MR) is 114 cm³/mol. The Morgan fingerprint density at radius 1 is 0.939 bits per heavy atom. The number of hydrogen-bond donors (Lipinski definition) is 1. The maximum Gasteiger partial charge on any atom is 0.355 e. The first-order valence-electron chi connectivity index (χ1n) is 11.4. The highest BCUT2D eigenvalue weighted by Gasteiger charge is 2.47. The summed E-state index contributed by atoms with van der Waals surface area (Å²) in [4.78, 5) is 66.0. The van der Waals surface area contributed by atoms with Gasteiger partial charge in [-0.1, -0.05) is 12.8 Å². The average molecular weight is 462 g/mol. The van der Waals surface area contributed by atoms with Crippen LogP contribution in [0.25, 0.3) is 0 Å². The molecule has 2 heterocycles. The summed E-state index contributed by atoms with van der Waals surface area (Å²) in [7, 11) is 0. The van der Waals surface area contributed by atoms with Crippen LogP contribution in [-0.2, 0) is 35.2 Å². The molecule has 1 aromatic heterocycles. The van der Waals surface area contributed by atoms with E-state index >= 15 is 0 Å². The number of ether oxygens (including phenoxy) is 3. The third kappa shape index (κ3) is 5.09. The summed E-state index contributed by atoms with van der Waals surface area (Å²) in [5.74, 6) is -2.86. The molecule has 1 aliphatic heterocycles. The molecule has 1 aliphatic carbocycles. The fraction of sp³-hybridized carbons (Fsp3) is 0.609. The van der Waals surface area contributed by atoms with Gasteiger partial charge in [0.15, 0.2) is 0 Å². The van der Waals surface area contributed by atoms with Gasteiger partial charge in [-0.3, -0.25) is 19.3 Å². The smallest absolute Gasteiger partial charge is 0.355 e. The SMILES string of the molecule is CCOC(=O)c1[nH]c(COC(=O)CCN2C(=O)[C@@H]3CCCC[C@H]3C2=O)c(C(=O)OCC)c1C. The highest BCUT2D eigenvalue weighted by atomic mass is 16.5. The highest BCUT2D eigenvalue weighted by molar-refractivity contribution is 6.05. The average Bonchev–Trinajstić information content (AvgIpc) is 3.25. The molecular formula is C23H30N2O8. The molecule has 0 aromatic carbocycles. The molecule has 2 aliphatic rings. The highest BCUT2D eigenvalue weighted by Crippen LogP contribution is 2.38. The number of hydrogen-bond acceptors (Lipinski definition) is 8. The summed E-state index contributed by atoms with van der Waals surface area (Å²) in [6, 6.07) is 0. The number of amides is 2. The van der Waals surface area contributed by atoms with E-state index in [-0.39, 0.29) is 73.4 Å². The van der Waals surface area contributed by atoms with E-state index in [4.69, 9.17) is 14.2 Å². The second-order valence-electron chi connectivity index (χ2n) is 8.16. The zero-order valence-corrected chi connectivity index (χ0v) is 19.2. The molecule has 2 amide bonds. The zero-order chi connectivity index (χ0) is 24.1. The molecule has 0 unspecified atom stereocenters. The van der Waals surface area contributed by atoms with Gasteiger partial charge in [0.1, 0.15) is 12.3 Å². The van der Waals surface area contributed by atoms with Crippen LogP contribution in [0.4, 0.5) is 0 Å². The van der Waals surface area contributed by atoms with E-state index in [1.807, 2.05) is 0 Å². The summed E-state index contributed by atoms with van der Waals surface area (Å²) >= 11 is 0. The Hall–Kier alpha value is -3.17. The lowest BCUT2D eigenvalue weighted by Gasteiger charge is -2.19. The van der Waals surface area contributed by atoms with Crippen molar-refractivity contribution in [1.29, 1.82) is 0 Å². The van der Waals surface area contributed by atoms with E-state index in [0.29, 0.717) is 18.4 Å². The number of aromatic amines is 1. The van der Waals surface area contributed by atoms with Crippen molar-refractivity contribution < 1.29 is 38.2 Å². The number of H-pyrrole nitrogens is 1. The molecule has 1 saturated carbocycles. The molecule has 180 valence electrons. The number of esters is 3. The monoisotopic (exact) mass is 462 g/mol. The van der Waals surface area contributed by atoms with Gasteiger partial charge in [-0.15, -0.1) is 0 Å². The molecular weight excluding hydrogens is 432 g/mol. The van der Waals surface area contributed by atoms with Gasteiger partial charge in [0.2, 0.25) is 11.8 Å². The Balaban J connectivity index is 1.64. The Labute approximate surface area is 191 Å². The van der Waals surface area contributed by atoms with Crippen LogP contribution < -0.4 is 0 Å². The quantitative estimate of drug-likeness (QED) is 0.336. The molecule has 33 heavy (non-hydrogen) atoms. The summed E-state index contributed by atoms with van der Waals surface area (Å²) < 4.78 is 15.3. The third-order valence-corrected chi connectivity index (χ3v) is 6.14. The normalized spacial score (nSPS) is 19.9. The fourth-order valence-corrected chi connectivity index (χ4v) is 4.53. The minimum atomic E-state index is -0.649. The first kappa shape index (κ1) is 24.5. The molecule has 3 rings (SSSR count). The van der Waals surface area contributed by atoms with Crippen LogP contribution in [-0.4, -0.2) is 59.4 Å². The lowest BCUT2D eigenvalue weighted by molar-refractivity contribution is -0.146. The number of aromatic nitrogens is 1. The minimum Gasteiger partial charge on any atom is -0.462 e. The molecule has 0 radical (unpaired) electrons. The van der Waals surface area contributed by atoms with Gasteiger partial charge in [-0.25, -0.2) is 9.59 Å². The second-order valence-corrected chi connectivity index (χ2v) is 8.16. The number of carbonyl (C=O) groups excluding carboxylic acids is 5. The van der Waals surface area contributed by atoms with Crippen molar-refractivity contribution in [1.82, 2.24) is 9.88 Å². The Kier molecular flexibility index (Phi) is 7.88. The van der Waals surface area contributed by atoms with Crippen LogP contribution >= 0.6 is 0 Å². The van der Waals surface area contributed by atoms with Crippen LogP contribution in [0.3, 0.4) is 0 Å². The van der Waals surface area contributed by atoms with E-state index in [1.165, 1.54) is 4.90 Å². The second kappa shape index (κ2) is 10.6.